The van der Waals surface area contributed by atoms with Gasteiger partial charge in [-0.1, -0.05) is 20.8 Å². The monoisotopic (exact) mass is 316 g/mol. The molecule has 0 unspecified atom stereocenters. The standard InChI is InChI=1S/C14H24O6Si/c1-5-18-12(15)9-10-13(16)19-11-14(17)20-21(6-2,7-3)8-4/h9-10H,5-8,11H2,1-4H3/b10-9-. The summed E-state index contributed by atoms with van der Waals surface area (Å²) in [5.74, 6) is -1.95. The summed E-state index contributed by atoms with van der Waals surface area (Å²) in [7, 11) is -2.03. The lowest BCUT2D eigenvalue weighted by atomic mass is 10.5. The first-order chi connectivity index (χ1) is 9.92. The minimum absolute atomic E-state index is 0.225. The molecule has 21 heavy (non-hydrogen) atoms. The summed E-state index contributed by atoms with van der Waals surface area (Å²) in [6.45, 7) is 7.44. The Morgan fingerprint density at radius 1 is 0.857 bits per heavy atom. The van der Waals surface area contributed by atoms with E-state index in [-0.39, 0.29) is 6.61 Å². The Morgan fingerprint density at radius 2 is 1.33 bits per heavy atom. The van der Waals surface area contributed by atoms with Crippen LogP contribution in [0.25, 0.3) is 0 Å². The molecule has 0 bridgehead atoms. The van der Waals surface area contributed by atoms with Crippen molar-refractivity contribution < 1.29 is 28.3 Å². The van der Waals surface area contributed by atoms with Gasteiger partial charge in [0, 0.05) is 12.2 Å². The van der Waals surface area contributed by atoms with Gasteiger partial charge in [-0.25, -0.2) is 14.4 Å². The van der Waals surface area contributed by atoms with Gasteiger partial charge in [0.15, 0.2) is 6.61 Å². The summed E-state index contributed by atoms with van der Waals surface area (Å²) in [5, 5.41) is 0. The lowest BCUT2D eigenvalue weighted by Gasteiger charge is -2.27. The van der Waals surface area contributed by atoms with Crippen LogP contribution < -0.4 is 0 Å². The fourth-order valence-corrected chi connectivity index (χ4v) is 4.22. The lowest BCUT2D eigenvalue weighted by molar-refractivity contribution is -0.150. The highest BCUT2D eigenvalue weighted by Gasteiger charge is 2.32. The minimum atomic E-state index is -2.03. The van der Waals surface area contributed by atoms with Gasteiger partial charge in [-0.3, -0.25) is 0 Å². The molecule has 7 heteroatoms. The van der Waals surface area contributed by atoms with Crippen LogP contribution in [0.3, 0.4) is 0 Å². The highest BCUT2D eigenvalue weighted by atomic mass is 28.4. The molecule has 0 rings (SSSR count). The van der Waals surface area contributed by atoms with E-state index in [1.165, 1.54) is 0 Å². The average Bonchev–Trinajstić information content (AvgIpc) is 2.49. The van der Waals surface area contributed by atoms with Crippen molar-refractivity contribution in [3.05, 3.63) is 12.2 Å². The van der Waals surface area contributed by atoms with E-state index in [0.29, 0.717) is 0 Å². The quantitative estimate of drug-likeness (QED) is 0.368. The van der Waals surface area contributed by atoms with Crippen molar-refractivity contribution in [3.63, 3.8) is 0 Å². The molecule has 0 aromatic rings. The third-order valence-corrected chi connectivity index (χ3v) is 7.76. The van der Waals surface area contributed by atoms with Crippen LogP contribution in [-0.2, 0) is 28.3 Å². The zero-order chi connectivity index (χ0) is 16.3. The van der Waals surface area contributed by atoms with Crippen LogP contribution in [0.15, 0.2) is 12.2 Å². The van der Waals surface area contributed by atoms with E-state index in [9.17, 15) is 14.4 Å². The Bertz CT molecular complexity index is 379. The van der Waals surface area contributed by atoms with E-state index in [4.69, 9.17) is 9.16 Å². The number of carbonyl (C=O) groups excluding carboxylic acids is 3. The lowest BCUT2D eigenvalue weighted by Crippen LogP contribution is -2.39. The maximum absolute atomic E-state index is 11.7. The predicted molar refractivity (Wildman–Crippen MR) is 80.0 cm³/mol. The fourth-order valence-electron chi connectivity index (χ4n) is 1.74. The summed E-state index contributed by atoms with van der Waals surface area (Å²) >= 11 is 0. The van der Waals surface area contributed by atoms with Gasteiger partial charge < -0.3 is 13.9 Å². The van der Waals surface area contributed by atoms with E-state index in [1.807, 2.05) is 20.8 Å². The van der Waals surface area contributed by atoms with Gasteiger partial charge in [-0.05, 0) is 25.1 Å². The van der Waals surface area contributed by atoms with E-state index in [1.54, 1.807) is 6.92 Å². The molecule has 0 N–H and O–H groups in total. The van der Waals surface area contributed by atoms with Crippen molar-refractivity contribution >= 4 is 26.2 Å². The number of ether oxygens (including phenoxy) is 2. The van der Waals surface area contributed by atoms with Gasteiger partial charge in [0.05, 0.1) is 6.61 Å². The number of hydrogen-bond acceptors (Lipinski definition) is 6. The van der Waals surface area contributed by atoms with E-state index in [2.05, 4.69) is 4.74 Å². The molecule has 0 aliphatic rings. The molecule has 0 saturated heterocycles. The van der Waals surface area contributed by atoms with Crippen molar-refractivity contribution in [1.29, 1.82) is 0 Å². The molecule has 120 valence electrons. The van der Waals surface area contributed by atoms with E-state index in [0.717, 1.165) is 30.3 Å². The molecule has 0 spiro atoms. The summed E-state index contributed by atoms with van der Waals surface area (Å²) in [4.78, 5) is 34.0. The number of esters is 2. The maximum Gasteiger partial charge on any atom is 0.331 e. The van der Waals surface area contributed by atoms with Gasteiger partial charge in [0.25, 0.3) is 8.32 Å². The molecular weight excluding hydrogens is 292 g/mol. The van der Waals surface area contributed by atoms with Crippen LogP contribution in [-0.4, -0.2) is 39.4 Å². The topological polar surface area (TPSA) is 78.9 Å². The Balaban J connectivity index is 4.24. The van der Waals surface area contributed by atoms with Crippen molar-refractivity contribution in [1.82, 2.24) is 0 Å². The first-order valence-corrected chi connectivity index (χ1v) is 9.69. The Labute approximate surface area is 126 Å². The van der Waals surface area contributed by atoms with Crippen LogP contribution in [0.4, 0.5) is 0 Å². The summed E-state index contributed by atoms with van der Waals surface area (Å²) < 4.78 is 14.8. The van der Waals surface area contributed by atoms with Gasteiger partial charge in [-0.15, -0.1) is 0 Å². The molecular formula is C14H24O6Si. The first-order valence-electron chi connectivity index (χ1n) is 7.16. The van der Waals surface area contributed by atoms with Crippen LogP contribution in [0.2, 0.25) is 18.1 Å². The van der Waals surface area contributed by atoms with Gasteiger partial charge in [-0.2, -0.15) is 0 Å². The second kappa shape index (κ2) is 10.1. The normalized spacial score (nSPS) is 11.2. The maximum atomic E-state index is 11.7. The van der Waals surface area contributed by atoms with Crippen LogP contribution in [0.5, 0.6) is 0 Å². The largest absolute Gasteiger partial charge is 0.517 e. The summed E-state index contributed by atoms with van der Waals surface area (Å²) in [5.41, 5.74) is 0. The van der Waals surface area contributed by atoms with E-state index < -0.39 is 32.8 Å². The van der Waals surface area contributed by atoms with Crippen LogP contribution in [0, 0.1) is 0 Å². The highest BCUT2D eigenvalue weighted by molar-refractivity contribution is 6.74. The van der Waals surface area contributed by atoms with Gasteiger partial charge in [0.1, 0.15) is 0 Å². The predicted octanol–water partition coefficient (Wildman–Crippen LogP) is 2.20. The molecule has 0 amide bonds. The SMILES string of the molecule is CCOC(=O)/C=C\C(=O)OCC(=O)O[Si](CC)(CC)CC. The molecule has 0 radical (unpaired) electrons. The number of hydrogen-bond donors (Lipinski definition) is 0. The molecule has 0 aromatic heterocycles. The second-order valence-electron chi connectivity index (χ2n) is 4.41. The van der Waals surface area contributed by atoms with Crippen molar-refractivity contribution in [2.75, 3.05) is 13.2 Å². The van der Waals surface area contributed by atoms with Crippen molar-refractivity contribution in [2.24, 2.45) is 0 Å². The summed E-state index contributed by atoms with van der Waals surface area (Å²) in [6.07, 6.45) is 1.88. The third kappa shape index (κ3) is 7.65. The molecule has 0 aliphatic heterocycles. The number of carbonyl (C=O) groups is 3. The van der Waals surface area contributed by atoms with Crippen molar-refractivity contribution in [3.8, 4) is 0 Å². The first kappa shape index (κ1) is 19.4. The minimum Gasteiger partial charge on any atom is -0.517 e. The van der Waals surface area contributed by atoms with Gasteiger partial charge in [0.2, 0.25) is 0 Å². The highest BCUT2D eigenvalue weighted by Crippen LogP contribution is 2.21. The molecule has 0 saturated carbocycles. The Kier molecular flexibility index (Phi) is 9.36. The Morgan fingerprint density at radius 3 is 1.76 bits per heavy atom. The fraction of sp³-hybridized carbons (Fsp3) is 0.643. The van der Waals surface area contributed by atoms with Crippen molar-refractivity contribution in [2.45, 2.75) is 45.8 Å². The second-order valence-corrected chi connectivity index (χ2v) is 9.10. The zero-order valence-corrected chi connectivity index (χ0v) is 14.1. The average molecular weight is 316 g/mol. The van der Waals surface area contributed by atoms with Crippen LogP contribution >= 0.6 is 0 Å². The molecule has 0 aromatic carbocycles. The Hall–Kier alpha value is -1.63. The van der Waals surface area contributed by atoms with E-state index >= 15 is 0 Å². The number of rotatable bonds is 9. The van der Waals surface area contributed by atoms with Crippen LogP contribution in [0.1, 0.15) is 27.7 Å². The summed E-state index contributed by atoms with van der Waals surface area (Å²) in [6, 6.07) is 2.51. The van der Waals surface area contributed by atoms with Gasteiger partial charge >= 0.3 is 17.9 Å². The molecule has 0 heterocycles. The zero-order valence-electron chi connectivity index (χ0n) is 13.1. The third-order valence-electron chi connectivity index (χ3n) is 3.24. The smallest absolute Gasteiger partial charge is 0.331 e. The molecule has 0 aliphatic carbocycles. The molecule has 0 atom stereocenters. The molecule has 0 fully saturated rings. The molecule has 6 nitrogen and oxygen atoms in total.